The molecule has 1 aromatic carbocycles. The maximum atomic E-state index is 12.4. The lowest BCUT2D eigenvalue weighted by atomic mass is 10.1. The van der Waals surface area contributed by atoms with Crippen LogP contribution in [0.15, 0.2) is 24.3 Å². The van der Waals surface area contributed by atoms with E-state index in [4.69, 9.17) is 5.11 Å². The summed E-state index contributed by atoms with van der Waals surface area (Å²) < 4.78 is 0. The molecule has 2 saturated heterocycles. The van der Waals surface area contributed by atoms with E-state index in [9.17, 15) is 14.4 Å². The number of benzene rings is 1. The van der Waals surface area contributed by atoms with Crippen LogP contribution in [0.2, 0.25) is 0 Å². The minimum absolute atomic E-state index is 0.132. The number of carbonyl (C=O) groups excluding carboxylic acids is 2. The van der Waals surface area contributed by atoms with Crippen LogP contribution in [0, 0.1) is 5.92 Å². The summed E-state index contributed by atoms with van der Waals surface area (Å²) in [5, 5.41) is 11.9. The molecule has 2 fully saturated rings. The SMILES string of the molecule is CC(C(=O)Nc1ccc(N2CCCC2=O)cc1)N1CCC(C(=O)O)C1. The number of nitrogens with one attached hydrogen (secondary N) is 1. The summed E-state index contributed by atoms with van der Waals surface area (Å²) in [5.74, 6) is -1.22. The van der Waals surface area contributed by atoms with E-state index in [-0.39, 0.29) is 17.9 Å². The van der Waals surface area contributed by atoms with Gasteiger partial charge in [0.05, 0.1) is 12.0 Å². The number of rotatable bonds is 5. The van der Waals surface area contributed by atoms with Crippen LogP contribution in [0.25, 0.3) is 0 Å². The van der Waals surface area contributed by atoms with E-state index >= 15 is 0 Å². The van der Waals surface area contributed by atoms with Crippen LogP contribution >= 0.6 is 0 Å². The number of carbonyl (C=O) groups is 3. The van der Waals surface area contributed by atoms with Crippen molar-refractivity contribution >= 4 is 29.2 Å². The van der Waals surface area contributed by atoms with Crippen LogP contribution in [0.1, 0.15) is 26.2 Å². The minimum Gasteiger partial charge on any atom is -0.481 e. The second-order valence-electron chi connectivity index (χ2n) is 6.68. The highest BCUT2D eigenvalue weighted by Crippen LogP contribution is 2.24. The zero-order valence-electron chi connectivity index (χ0n) is 14.3. The van der Waals surface area contributed by atoms with Gasteiger partial charge in [-0.25, -0.2) is 0 Å². The first-order chi connectivity index (χ1) is 12.0. The van der Waals surface area contributed by atoms with Gasteiger partial charge in [-0.1, -0.05) is 0 Å². The Bertz CT molecular complexity index is 673. The Balaban J connectivity index is 1.57. The molecule has 0 bridgehead atoms. The lowest BCUT2D eigenvalue weighted by Gasteiger charge is -2.23. The van der Waals surface area contributed by atoms with Crippen molar-refractivity contribution in [3.8, 4) is 0 Å². The summed E-state index contributed by atoms with van der Waals surface area (Å²) in [6.45, 7) is 3.54. The van der Waals surface area contributed by atoms with Crippen LogP contribution in [-0.4, -0.2) is 53.5 Å². The topological polar surface area (TPSA) is 90.0 Å². The summed E-state index contributed by atoms with van der Waals surface area (Å²) in [5.41, 5.74) is 1.51. The van der Waals surface area contributed by atoms with Gasteiger partial charge in [0.1, 0.15) is 0 Å². The lowest BCUT2D eigenvalue weighted by Crippen LogP contribution is -2.41. The van der Waals surface area contributed by atoms with Crippen molar-refractivity contribution in [2.45, 2.75) is 32.2 Å². The third-order valence-electron chi connectivity index (χ3n) is 5.02. The third-order valence-corrected chi connectivity index (χ3v) is 5.02. The van der Waals surface area contributed by atoms with E-state index in [1.807, 2.05) is 17.0 Å². The standard InChI is InChI=1S/C18H23N3O4/c1-12(20-10-8-13(11-20)18(24)25)17(23)19-14-4-6-15(7-5-14)21-9-2-3-16(21)22/h4-7,12-13H,2-3,8-11H2,1H3,(H,19,23)(H,24,25). The molecule has 25 heavy (non-hydrogen) atoms. The molecule has 3 rings (SSSR count). The fourth-order valence-corrected chi connectivity index (χ4v) is 3.40. The largest absolute Gasteiger partial charge is 0.481 e. The van der Waals surface area contributed by atoms with Crippen molar-refractivity contribution in [3.05, 3.63) is 24.3 Å². The van der Waals surface area contributed by atoms with Crippen molar-refractivity contribution in [1.82, 2.24) is 4.90 Å². The maximum absolute atomic E-state index is 12.4. The Morgan fingerprint density at radius 2 is 1.96 bits per heavy atom. The Kier molecular flexibility index (Phi) is 5.03. The molecule has 2 aliphatic rings. The number of carboxylic acid groups (broad SMARTS) is 1. The molecule has 7 nitrogen and oxygen atoms in total. The first-order valence-electron chi connectivity index (χ1n) is 8.64. The number of hydrogen-bond acceptors (Lipinski definition) is 4. The van der Waals surface area contributed by atoms with Gasteiger partial charge in [0, 0.05) is 30.9 Å². The molecule has 2 amide bonds. The zero-order valence-corrected chi connectivity index (χ0v) is 14.3. The van der Waals surface area contributed by atoms with Crippen molar-refractivity contribution in [3.63, 3.8) is 0 Å². The van der Waals surface area contributed by atoms with Gasteiger partial charge in [-0.15, -0.1) is 0 Å². The average molecular weight is 345 g/mol. The van der Waals surface area contributed by atoms with Crippen molar-refractivity contribution in [2.75, 3.05) is 29.9 Å². The van der Waals surface area contributed by atoms with Gasteiger partial charge in [-0.2, -0.15) is 0 Å². The molecule has 2 aliphatic heterocycles. The number of nitrogens with zero attached hydrogens (tertiary/aromatic N) is 2. The van der Waals surface area contributed by atoms with Crippen LogP contribution in [0.3, 0.4) is 0 Å². The van der Waals surface area contributed by atoms with E-state index in [0.29, 0.717) is 31.6 Å². The Labute approximate surface area is 146 Å². The van der Waals surface area contributed by atoms with Gasteiger partial charge in [-0.05, 0) is 50.6 Å². The fraction of sp³-hybridized carbons (Fsp3) is 0.500. The molecule has 1 aromatic rings. The summed E-state index contributed by atoms with van der Waals surface area (Å²) in [7, 11) is 0. The van der Waals surface area contributed by atoms with Crippen molar-refractivity contribution < 1.29 is 19.5 Å². The van der Waals surface area contributed by atoms with E-state index in [0.717, 1.165) is 18.7 Å². The van der Waals surface area contributed by atoms with Gasteiger partial charge in [0.15, 0.2) is 0 Å². The molecule has 0 radical (unpaired) electrons. The number of aliphatic carboxylic acids is 1. The van der Waals surface area contributed by atoms with E-state index in [1.165, 1.54) is 0 Å². The average Bonchev–Trinajstić information content (AvgIpc) is 3.24. The van der Waals surface area contributed by atoms with Crippen LogP contribution < -0.4 is 10.2 Å². The van der Waals surface area contributed by atoms with Crippen LogP contribution in [0.4, 0.5) is 11.4 Å². The first kappa shape index (κ1) is 17.4. The second kappa shape index (κ2) is 7.23. The highest BCUT2D eigenvalue weighted by atomic mass is 16.4. The molecule has 0 saturated carbocycles. The monoisotopic (exact) mass is 345 g/mol. The predicted octanol–water partition coefficient (Wildman–Crippen LogP) is 1.55. The maximum Gasteiger partial charge on any atom is 0.307 e. The molecule has 134 valence electrons. The molecule has 2 unspecified atom stereocenters. The van der Waals surface area contributed by atoms with E-state index in [2.05, 4.69) is 5.32 Å². The third kappa shape index (κ3) is 3.82. The number of carboxylic acids is 1. The van der Waals surface area contributed by atoms with Gasteiger partial charge in [0.2, 0.25) is 11.8 Å². The molecule has 0 aliphatic carbocycles. The number of hydrogen-bond donors (Lipinski definition) is 2. The molecule has 2 N–H and O–H groups in total. The molecular formula is C18H23N3O4. The predicted molar refractivity (Wildman–Crippen MR) is 93.4 cm³/mol. The molecule has 2 heterocycles. The Morgan fingerprint density at radius 3 is 2.52 bits per heavy atom. The molecule has 0 spiro atoms. The van der Waals surface area contributed by atoms with Gasteiger partial charge < -0.3 is 15.3 Å². The summed E-state index contributed by atoms with van der Waals surface area (Å²) in [4.78, 5) is 38.8. The van der Waals surface area contributed by atoms with Gasteiger partial charge in [0.25, 0.3) is 0 Å². The summed E-state index contributed by atoms with van der Waals surface area (Å²) in [6, 6.07) is 6.86. The first-order valence-corrected chi connectivity index (χ1v) is 8.64. The Morgan fingerprint density at radius 1 is 1.24 bits per heavy atom. The highest BCUT2D eigenvalue weighted by molar-refractivity contribution is 5.97. The quantitative estimate of drug-likeness (QED) is 0.845. The number of anilines is 2. The van der Waals surface area contributed by atoms with E-state index < -0.39 is 11.9 Å². The normalized spacial score (nSPS) is 22.2. The van der Waals surface area contributed by atoms with Crippen LogP contribution in [0.5, 0.6) is 0 Å². The molecule has 0 aromatic heterocycles. The Hall–Kier alpha value is -2.41. The number of amides is 2. The lowest BCUT2D eigenvalue weighted by molar-refractivity contribution is -0.141. The van der Waals surface area contributed by atoms with Crippen LogP contribution in [-0.2, 0) is 14.4 Å². The molecule has 7 heteroatoms. The molecular weight excluding hydrogens is 322 g/mol. The smallest absolute Gasteiger partial charge is 0.307 e. The summed E-state index contributed by atoms with van der Waals surface area (Å²) in [6.07, 6.45) is 2.04. The second-order valence-corrected chi connectivity index (χ2v) is 6.68. The fourth-order valence-electron chi connectivity index (χ4n) is 3.40. The number of likely N-dealkylation sites (tertiary alicyclic amines) is 1. The van der Waals surface area contributed by atoms with Crippen molar-refractivity contribution in [2.24, 2.45) is 5.92 Å². The molecule has 2 atom stereocenters. The van der Waals surface area contributed by atoms with E-state index in [1.54, 1.807) is 24.0 Å². The zero-order chi connectivity index (χ0) is 18.0. The van der Waals surface area contributed by atoms with Gasteiger partial charge >= 0.3 is 5.97 Å². The van der Waals surface area contributed by atoms with Crippen molar-refractivity contribution in [1.29, 1.82) is 0 Å². The minimum atomic E-state index is -0.804. The van der Waals surface area contributed by atoms with Gasteiger partial charge in [-0.3, -0.25) is 19.3 Å². The highest BCUT2D eigenvalue weighted by Gasteiger charge is 2.33. The summed E-state index contributed by atoms with van der Waals surface area (Å²) >= 11 is 0.